The molecule has 0 saturated heterocycles. The van der Waals surface area contributed by atoms with Crippen LogP contribution in [0, 0.1) is 0 Å². The lowest BCUT2D eigenvalue weighted by Crippen LogP contribution is -2.19. The van der Waals surface area contributed by atoms with Gasteiger partial charge < -0.3 is 13.7 Å². The highest BCUT2D eigenvalue weighted by molar-refractivity contribution is 8.01. The van der Waals surface area contributed by atoms with Crippen molar-refractivity contribution < 1.29 is 18.7 Å². The average Bonchev–Trinajstić information content (AvgIpc) is 3.60. The number of fused-ring (bicyclic) bond motifs is 2. The third kappa shape index (κ3) is 5.13. The van der Waals surface area contributed by atoms with Crippen molar-refractivity contribution in [3.63, 3.8) is 0 Å². The van der Waals surface area contributed by atoms with Gasteiger partial charge in [0.15, 0.2) is 4.34 Å². The molecule has 0 bridgehead atoms. The fourth-order valence-corrected chi connectivity index (χ4v) is 5.46. The Kier molecular flexibility index (Phi) is 6.64. The topological polar surface area (TPSA) is 98.7 Å². The van der Waals surface area contributed by atoms with Crippen LogP contribution >= 0.6 is 23.1 Å². The number of carbonyl (C=O) groups is 2. The number of hydrogen-bond acceptors (Lipinski definition) is 8. The molecular weight excluding hydrogens is 484 g/mol. The molecule has 1 N–H and O–H groups in total. The number of nitrogens with one attached hydrogen (secondary N) is 1. The zero-order valence-electron chi connectivity index (χ0n) is 18.6. The van der Waals surface area contributed by atoms with Crippen LogP contribution in [0.4, 0.5) is 0 Å². The molecule has 1 amide bonds. The van der Waals surface area contributed by atoms with Gasteiger partial charge in [-0.15, -0.1) is 11.3 Å². The van der Waals surface area contributed by atoms with Crippen molar-refractivity contribution in [3.05, 3.63) is 83.9 Å². The molecule has 0 saturated carbocycles. The lowest BCUT2D eigenvalue weighted by atomic mass is 10.2. The van der Waals surface area contributed by atoms with Crippen molar-refractivity contribution in [2.45, 2.75) is 10.9 Å². The summed E-state index contributed by atoms with van der Waals surface area (Å²) in [5.41, 5.74) is 5.35. The minimum atomic E-state index is -0.515. The molecule has 0 radical (unpaired) electrons. The Labute approximate surface area is 208 Å². The number of furan rings is 1. The van der Waals surface area contributed by atoms with Gasteiger partial charge in [-0.3, -0.25) is 4.79 Å². The van der Waals surface area contributed by atoms with Gasteiger partial charge in [-0.1, -0.05) is 42.1 Å². The Hall–Kier alpha value is -3.89. The Morgan fingerprint density at radius 1 is 1.17 bits per heavy atom. The van der Waals surface area contributed by atoms with E-state index in [1.165, 1.54) is 18.9 Å². The number of thiazole rings is 1. The van der Waals surface area contributed by atoms with E-state index in [0.717, 1.165) is 31.0 Å². The second kappa shape index (κ2) is 10.2. The molecule has 8 nitrogen and oxygen atoms in total. The number of para-hydroxylation sites is 2. The highest BCUT2D eigenvalue weighted by atomic mass is 32.2. The highest BCUT2D eigenvalue weighted by Crippen LogP contribution is 2.29. The Bertz CT molecular complexity index is 1520. The lowest BCUT2D eigenvalue weighted by Gasteiger charge is -2.02. The van der Waals surface area contributed by atoms with Gasteiger partial charge >= 0.3 is 5.97 Å². The van der Waals surface area contributed by atoms with E-state index in [2.05, 4.69) is 15.5 Å². The summed E-state index contributed by atoms with van der Waals surface area (Å²) in [5.74, 6) is 0.278. The summed E-state index contributed by atoms with van der Waals surface area (Å²) < 4.78 is 14.2. The van der Waals surface area contributed by atoms with E-state index >= 15 is 0 Å². The minimum Gasteiger partial charge on any atom is -0.463 e. The summed E-state index contributed by atoms with van der Waals surface area (Å²) in [6.45, 7) is 0.427. The number of nitrogens with zero attached hydrogens (tertiary/aromatic N) is 3. The third-order valence-electron chi connectivity index (χ3n) is 5.19. The summed E-state index contributed by atoms with van der Waals surface area (Å²) in [5, 5.41) is 5.13. The van der Waals surface area contributed by atoms with E-state index in [4.69, 9.17) is 9.15 Å². The first-order valence-corrected chi connectivity index (χ1v) is 12.5. The summed E-state index contributed by atoms with van der Waals surface area (Å²) >= 11 is 2.95. The molecule has 3 heterocycles. The number of thioether (sulfide) groups is 1. The first kappa shape index (κ1) is 22.9. The van der Waals surface area contributed by atoms with E-state index in [9.17, 15) is 9.59 Å². The van der Waals surface area contributed by atoms with Crippen LogP contribution in [0.5, 0.6) is 0 Å². The van der Waals surface area contributed by atoms with Gasteiger partial charge in [0.1, 0.15) is 5.76 Å². The number of methoxy groups -OCH3 is 1. The maximum atomic E-state index is 12.3. The Morgan fingerprint density at radius 3 is 2.86 bits per heavy atom. The van der Waals surface area contributed by atoms with Gasteiger partial charge in [0.05, 0.1) is 35.8 Å². The normalized spacial score (nSPS) is 11.5. The van der Waals surface area contributed by atoms with Gasteiger partial charge in [-0.25, -0.2) is 15.2 Å². The number of aromatic nitrogens is 2. The molecule has 176 valence electrons. The number of hydrogen-bond donors (Lipinski definition) is 1. The predicted octanol–water partition coefficient (Wildman–Crippen LogP) is 4.92. The van der Waals surface area contributed by atoms with Gasteiger partial charge in [0.25, 0.3) is 5.91 Å². The lowest BCUT2D eigenvalue weighted by molar-refractivity contribution is -0.118. The van der Waals surface area contributed by atoms with Crippen LogP contribution in [0.25, 0.3) is 21.1 Å². The standard InChI is InChI=1S/C25H20N4O4S2/c1-32-24(31)21-11-10-17(33-21)14-29-13-16(18-6-2-4-8-20(18)29)12-26-28-23(30)15-34-25-27-19-7-3-5-9-22(19)35-25/h2-13H,14-15H2,1H3,(H,28,30)/b26-12+. The number of rotatable bonds is 8. The molecule has 0 unspecified atom stereocenters. The van der Waals surface area contributed by atoms with Crippen molar-refractivity contribution in [3.8, 4) is 0 Å². The van der Waals surface area contributed by atoms with E-state index < -0.39 is 5.97 Å². The fraction of sp³-hybridized carbons (Fsp3) is 0.120. The molecule has 5 aromatic rings. The van der Waals surface area contributed by atoms with Crippen molar-refractivity contribution >= 4 is 62.3 Å². The van der Waals surface area contributed by atoms with Crippen molar-refractivity contribution in [2.24, 2.45) is 5.10 Å². The second-order valence-corrected chi connectivity index (χ2v) is 9.77. The SMILES string of the molecule is COC(=O)c1ccc(Cn2cc(/C=N/NC(=O)CSc3nc4ccccc4s3)c3ccccc32)o1. The van der Waals surface area contributed by atoms with Crippen LogP contribution in [-0.2, 0) is 16.1 Å². The predicted molar refractivity (Wildman–Crippen MR) is 137 cm³/mol. The quantitative estimate of drug-likeness (QED) is 0.139. The van der Waals surface area contributed by atoms with Gasteiger partial charge in [-0.2, -0.15) is 5.10 Å². The molecule has 0 aliphatic carbocycles. The van der Waals surface area contributed by atoms with Crippen molar-refractivity contribution in [1.29, 1.82) is 0 Å². The Morgan fingerprint density at radius 2 is 2.00 bits per heavy atom. The molecule has 0 aliphatic heterocycles. The molecule has 2 aromatic carbocycles. The third-order valence-corrected chi connectivity index (χ3v) is 7.37. The van der Waals surface area contributed by atoms with Gasteiger partial charge in [-0.05, 0) is 30.3 Å². The molecule has 5 rings (SSSR count). The molecule has 0 atom stereocenters. The molecule has 0 fully saturated rings. The van der Waals surface area contributed by atoms with Crippen LogP contribution in [-0.4, -0.2) is 40.5 Å². The summed E-state index contributed by atoms with van der Waals surface area (Å²) in [4.78, 5) is 28.5. The van der Waals surface area contributed by atoms with E-state index in [0.29, 0.717) is 12.3 Å². The minimum absolute atomic E-state index is 0.159. The Balaban J connectivity index is 1.24. The van der Waals surface area contributed by atoms with Crippen LogP contribution < -0.4 is 5.43 Å². The zero-order valence-corrected chi connectivity index (χ0v) is 20.3. The van der Waals surface area contributed by atoms with Crippen molar-refractivity contribution in [1.82, 2.24) is 15.0 Å². The molecule has 35 heavy (non-hydrogen) atoms. The number of hydrazone groups is 1. The van der Waals surface area contributed by atoms with E-state index in [1.807, 2.05) is 59.3 Å². The second-order valence-electron chi connectivity index (χ2n) is 7.52. The molecule has 0 aliphatic rings. The maximum Gasteiger partial charge on any atom is 0.373 e. The largest absolute Gasteiger partial charge is 0.463 e. The smallest absolute Gasteiger partial charge is 0.373 e. The highest BCUT2D eigenvalue weighted by Gasteiger charge is 2.13. The van der Waals surface area contributed by atoms with Crippen molar-refractivity contribution in [2.75, 3.05) is 12.9 Å². The summed E-state index contributed by atoms with van der Waals surface area (Å²) in [7, 11) is 1.31. The molecule has 0 spiro atoms. The molecule has 10 heteroatoms. The average molecular weight is 505 g/mol. The summed E-state index contributed by atoms with van der Waals surface area (Å²) in [6, 6.07) is 19.1. The van der Waals surface area contributed by atoms with E-state index in [-0.39, 0.29) is 17.4 Å². The number of benzene rings is 2. The van der Waals surface area contributed by atoms with Gasteiger partial charge in [0, 0.05) is 22.7 Å². The van der Waals surface area contributed by atoms with Crippen LogP contribution in [0.1, 0.15) is 21.9 Å². The first-order valence-electron chi connectivity index (χ1n) is 10.7. The van der Waals surface area contributed by atoms with Gasteiger partial charge in [0.2, 0.25) is 5.76 Å². The number of carbonyl (C=O) groups excluding carboxylic acids is 2. The molecular formula is C25H20N4O4S2. The number of amides is 1. The fourth-order valence-electron chi connectivity index (χ4n) is 3.60. The van der Waals surface area contributed by atoms with Crippen LogP contribution in [0.3, 0.4) is 0 Å². The van der Waals surface area contributed by atoms with E-state index in [1.54, 1.807) is 29.7 Å². The first-order chi connectivity index (χ1) is 17.1. The number of ether oxygens (including phenoxy) is 1. The maximum absolute atomic E-state index is 12.3. The number of esters is 1. The zero-order chi connectivity index (χ0) is 24.2. The summed E-state index contributed by atoms with van der Waals surface area (Å²) in [6.07, 6.45) is 3.55. The molecule has 3 aromatic heterocycles. The van der Waals surface area contributed by atoms with Crippen LogP contribution in [0.15, 0.2) is 80.7 Å². The monoisotopic (exact) mass is 504 g/mol. The van der Waals surface area contributed by atoms with Crippen LogP contribution in [0.2, 0.25) is 0 Å².